The van der Waals surface area contributed by atoms with Crippen LogP contribution >= 0.6 is 15.9 Å². The van der Waals surface area contributed by atoms with E-state index in [0.29, 0.717) is 17.3 Å². The van der Waals surface area contributed by atoms with E-state index in [4.69, 9.17) is 13.7 Å². The maximum absolute atomic E-state index is 14.1. The van der Waals surface area contributed by atoms with Gasteiger partial charge in [-0.3, -0.25) is 13.8 Å². The third kappa shape index (κ3) is 8.27. The van der Waals surface area contributed by atoms with Crippen LogP contribution in [-0.2, 0) is 38.2 Å². The van der Waals surface area contributed by atoms with Gasteiger partial charge in [0.05, 0.1) is 18.1 Å². The molecule has 14 heteroatoms. The van der Waals surface area contributed by atoms with Crippen molar-refractivity contribution >= 4 is 49.9 Å². The molecule has 1 saturated carbocycles. The average Bonchev–Trinajstić information content (AvgIpc) is 3.44. The second-order valence-electron chi connectivity index (χ2n) is 13.1. The molecule has 1 aromatic carbocycles. The summed E-state index contributed by atoms with van der Waals surface area (Å²) >= 11 is 3.27. The van der Waals surface area contributed by atoms with E-state index in [1.807, 2.05) is 6.92 Å². The minimum atomic E-state index is -4.25. The van der Waals surface area contributed by atoms with Gasteiger partial charge < -0.3 is 25.0 Å². The molecular formula is C29H42BrN3O9S. The molecule has 2 aliphatic rings. The van der Waals surface area contributed by atoms with E-state index >= 15 is 0 Å². The summed E-state index contributed by atoms with van der Waals surface area (Å²) in [5.41, 5.74) is -2.88. The predicted octanol–water partition coefficient (Wildman–Crippen LogP) is 3.52. The number of carbonyl (C=O) groups excluding carboxylic acids is 4. The van der Waals surface area contributed by atoms with E-state index in [2.05, 4.69) is 26.6 Å². The quantitative estimate of drug-likeness (QED) is 0.293. The fourth-order valence-corrected chi connectivity index (χ4v) is 6.54. The molecule has 5 atom stereocenters. The molecule has 1 aliphatic heterocycles. The Hall–Kier alpha value is -2.71. The normalized spacial score (nSPS) is 24.6. The van der Waals surface area contributed by atoms with Gasteiger partial charge in [0.25, 0.3) is 10.1 Å². The van der Waals surface area contributed by atoms with Crippen LogP contribution < -0.4 is 10.6 Å². The number of likely N-dealkylation sites (tertiary alicyclic amines) is 1. The molecule has 12 nitrogen and oxygen atoms in total. The number of halogens is 1. The van der Waals surface area contributed by atoms with Gasteiger partial charge in [0, 0.05) is 17.4 Å². The summed E-state index contributed by atoms with van der Waals surface area (Å²) in [6.45, 7) is 11.9. The lowest BCUT2D eigenvalue weighted by Gasteiger charge is -2.36. The van der Waals surface area contributed by atoms with Gasteiger partial charge in [-0.05, 0) is 62.8 Å². The highest BCUT2D eigenvalue weighted by atomic mass is 79.9. The van der Waals surface area contributed by atoms with Crippen molar-refractivity contribution in [3.8, 4) is 0 Å². The number of amides is 3. The van der Waals surface area contributed by atoms with Gasteiger partial charge in [-0.25, -0.2) is 9.59 Å². The number of alkyl carbamates (subject to hydrolysis) is 1. The van der Waals surface area contributed by atoms with E-state index < -0.39 is 68.7 Å². The lowest BCUT2D eigenvalue weighted by Crippen LogP contribution is -2.59. The Morgan fingerprint density at radius 1 is 1.09 bits per heavy atom. The number of esters is 1. The van der Waals surface area contributed by atoms with Gasteiger partial charge in [-0.1, -0.05) is 50.0 Å². The first-order valence-corrected chi connectivity index (χ1v) is 16.3. The van der Waals surface area contributed by atoms with Crippen molar-refractivity contribution in [2.75, 3.05) is 13.7 Å². The third-order valence-corrected chi connectivity index (χ3v) is 9.39. The Kier molecular flexibility index (Phi) is 10.3. The zero-order chi connectivity index (χ0) is 32.5. The molecule has 0 radical (unpaired) electrons. The highest BCUT2D eigenvalue weighted by molar-refractivity contribution is 9.10. The van der Waals surface area contributed by atoms with Crippen LogP contribution in [0.4, 0.5) is 4.79 Å². The number of hydrogen-bond donors (Lipinski definition) is 2. The Labute approximate surface area is 261 Å². The summed E-state index contributed by atoms with van der Waals surface area (Å²) in [5, 5.41) is 5.41. The standard InChI is InChI=1S/C29H42BrN3O9S/c1-9-17-15-29(17,25(36)40-8)32-23(34)21-14-19(42-43(38,39)20-12-10-18(30)11-13-20)16-33(21)24(35)22(27(2,3)4)31-26(37)41-28(5,6)7/h10-13,17,19,21-22H,9,14-16H2,1-8H3,(H,31,37)(H,32,34). The van der Waals surface area contributed by atoms with E-state index in [1.54, 1.807) is 53.7 Å². The van der Waals surface area contributed by atoms with Gasteiger partial charge >= 0.3 is 12.1 Å². The summed E-state index contributed by atoms with van der Waals surface area (Å²) < 4.78 is 42.7. The van der Waals surface area contributed by atoms with Crippen molar-refractivity contribution in [2.24, 2.45) is 11.3 Å². The van der Waals surface area contributed by atoms with E-state index in [0.717, 1.165) is 0 Å². The van der Waals surface area contributed by atoms with Crippen molar-refractivity contribution in [3.63, 3.8) is 0 Å². The molecule has 1 heterocycles. The Bertz CT molecular complexity index is 1340. The van der Waals surface area contributed by atoms with Crippen LogP contribution in [0.2, 0.25) is 0 Å². The first-order valence-electron chi connectivity index (χ1n) is 14.1. The maximum Gasteiger partial charge on any atom is 0.408 e. The minimum absolute atomic E-state index is 0.0888. The van der Waals surface area contributed by atoms with E-state index in [-0.39, 0.29) is 23.8 Å². The van der Waals surface area contributed by atoms with Crippen LogP contribution in [0.3, 0.4) is 0 Å². The van der Waals surface area contributed by atoms with Crippen molar-refractivity contribution in [1.29, 1.82) is 0 Å². The Morgan fingerprint density at radius 2 is 1.70 bits per heavy atom. The Morgan fingerprint density at radius 3 is 2.19 bits per heavy atom. The summed E-state index contributed by atoms with van der Waals surface area (Å²) in [5.74, 6) is -2.00. The first kappa shape index (κ1) is 34.8. The minimum Gasteiger partial charge on any atom is -0.467 e. The molecule has 3 rings (SSSR count). The number of hydrogen-bond acceptors (Lipinski definition) is 9. The molecule has 1 saturated heterocycles. The molecule has 5 unspecified atom stereocenters. The summed E-state index contributed by atoms with van der Waals surface area (Å²) in [6, 6.07) is 3.53. The maximum atomic E-state index is 14.1. The molecule has 1 aromatic rings. The van der Waals surface area contributed by atoms with Gasteiger partial charge in [0.15, 0.2) is 0 Å². The number of ether oxygens (including phenoxy) is 2. The Balaban J connectivity index is 1.93. The van der Waals surface area contributed by atoms with Crippen LogP contribution in [0.15, 0.2) is 33.6 Å². The molecule has 0 spiro atoms. The van der Waals surface area contributed by atoms with Crippen molar-refractivity contribution < 1.29 is 41.3 Å². The molecule has 43 heavy (non-hydrogen) atoms. The number of nitrogens with zero attached hydrogens (tertiary/aromatic N) is 1. The second kappa shape index (κ2) is 12.7. The van der Waals surface area contributed by atoms with Gasteiger partial charge in [-0.2, -0.15) is 8.42 Å². The molecule has 2 fully saturated rings. The lowest BCUT2D eigenvalue weighted by atomic mass is 9.85. The number of nitrogens with one attached hydrogen (secondary N) is 2. The van der Waals surface area contributed by atoms with Crippen molar-refractivity contribution in [2.45, 2.75) is 102 Å². The second-order valence-corrected chi connectivity index (χ2v) is 15.6. The fourth-order valence-electron chi connectivity index (χ4n) is 5.20. The smallest absolute Gasteiger partial charge is 0.408 e. The number of carbonyl (C=O) groups is 4. The van der Waals surface area contributed by atoms with E-state index in [9.17, 15) is 27.6 Å². The topological polar surface area (TPSA) is 157 Å². The summed E-state index contributed by atoms with van der Waals surface area (Å²) in [4.78, 5) is 54.3. The summed E-state index contributed by atoms with van der Waals surface area (Å²) in [7, 11) is -3.02. The SMILES string of the molecule is CCC1CC1(NC(=O)C1CC(OS(=O)(=O)c2ccc(Br)cc2)CN1C(=O)C(NC(=O)OC(C)(C)C)C(C)(C)C)C(=O)OC. The lowest BCUT2D eigenvalue weighted by molar-refractivity contribution is -0.148. The highest BCUT2D eigenvalue weighted by Crippen LogP contribution is 2.47. The largest absolute Gasteiger partial charge is 0.467 e. The van der Waals surface area contributed by atoms with Crippen LogP contribution in [0, 0.1) is 11.3 Å². The van der Waals surface area contributed by atoms with Gasteiger partial charge in [-0.15, -0.1) is 0 Å². The van der Waals surface area contributed by atoms with Crippen LogP contribution in [0.25, 0.3) is 0 Å². The van der Waals surface area contributed by atoms with Crippen molar-refractivity contribution in [1.82, 2.24) is 15.5 Å². The molecule has 0 aromatic heterocycles. The molecular weight excluding hydrogens is 646 g/mol. The number of rotatable bonds is 9. The molecule has 1 aliphatic carbocycles. The van der Waals surface area contributed by atoms with Crippen LogP contribution in [-0.4, -0.2) is 80.2 Å². The molecule has 2 N–H and O–H groups in total. The van der Waals surface area contributed by atoms with Gasteiger partial charge in [0.2, 0.25) is 11.8 Å². The molecule has 240 valence electrons. The van der Waals surface area contributed by atoms with Crippen LogP contribution in [0.5, 0.6) is 0 Å². The van der Waals surface area contributed by atoms with Crippen molar-refractivity contribution in [3.05, 3.63) is 28.7 Å². The number of benzene rings is 1. The molecule has 0 bridgehead atoms. The highest BCUT2D eigenvalue weighted by Gasteiger charge is 2.62. The monoisotopic (exact) mass is 687 g/mol. The zero-order valence-electron chi connectivity index (χ0n) is 25.9. The number of methoxy groups -OCH3 is 1. The third-order valence-electron chi connectivity index (χ3n) is 7.48. The fraction of sp³-hybridized carbons (Fsp3) is 0.655. The molecule has 3 amide bonds. The van der Waals surface area contributed by atoms with Crippen LogP contribution in [0.1, 0.15) is 67.7 Å². The van der Waals surface area contributed by atoms with Gasteiger partial charge in [0.1, 0.15) is 23.2 Å². The zero-order valence-corrected chi connectivity index (χ0v) is 28.3. The average molecular weight is 689 g/mol. The predicted molar refractivity (Wildman–Crippen MR) is 160 cm³/mol. The van der Waals surface area contributed by atoms with E-state index in [1.165, 1.54) is 24.1 Å². The first-order chi connectivity index (χ1) is 19.7. The summed E-state index contributed by atoms with van der Waals surface area (Å²) in [6.07, 6.45) is -1.06.